The first-order valence-electron chi connectivity index (χ1n) is 5.39. The smallest absolute Gasteiger partial charge is 0.323 e. The van der Waals surface area contributed by atoms with Gasteiger partial charge in [0.25, 0.3) is 0 Å². The number of carboxylic acids is 1. The average molecular weight is 266 g/mol. The van der Waals surface area contributed by atoms with Gasteiger partial charge in [-0.15, -0.1) is 0 Å². The molecule has 0 bridgehead atoms. The zero-order valence-electron chi connectivity index (χ0n) is 10.9. The molecule has 0 heterocycles. The molecule has 1 unspecified atom stereocenters. The molecule has 2 N–H and O–H groups in total. The molecule has 0 amide bonds. The highest BCUT2D eigenvalue weighted by atomic mass is 32.2. The summed E-state index contributed by atoms with van der Waals surface area (Å²) in [4.78, 5) is 12.8. The van der Waals surface area contributed by atoms with Gasteiger partial charge in [-0.3, -0.25) is 4.79 Å². The molecule has 0 saturated heterocycles. The van der Waals surface area contributed by atoms with Crippen LogP contribution in [-0.2, 0) is 14.6 Å². The fraction of sp³-hybridized carbons (Fsp3) is 0.900. The summed E-state index contributed by atoms with van der Waals surface area (Å²) < 4.78 is 21.9. The molecule has 0 aliphatic heterocycles. The predicted molar refractivity (Wildman–Crippen MR) is 66.9 cm³/mol. The van der Waals surface area contributed by atoms with Gasteiger partial charge >= 0.3 is 5.97 Å². The molecule has 0 aromatic carbocycles. The van der Waals surface area contributed by atoms with Crippen LogP contribution < -0.4 is 5.32 Å². The van der Waals surface area contributed by atoms with Crippen molar-refractivity contribution in [2.24, 2.45) is 0 Å². The summed E-state index contributed by atoms with van der Waals surface area (Å²) in [7, 11) is 0.414. The molecule has 7 heteroatoms. The number of rotatable bonds is 8. The highest BCUT2D eigenvalue weighted by Gasteiger charge is 2.30. The third-order valence-corrected chi connectivity index (χ3v) is 3.79. The monoisotopic (exact) mass is 266 g/mol. The summed E-state index contributed by atoms with van der Waals surface area (Å²) in [6, 6.07) is 0. The number of hydrogen-bond acceptors (Lipinski definition) is 5. The second-order valence-corrected chi connectivity index (χ2v) is 6.83. The largest absolute Gasteiger partial charge is 0.480 e. The van der Waals surface area contributed by atoms with Crippen molar-refractivity contribution in [2.45, 2.75) is 18.9 Å². The zero-order valence-corrected chi connectivity index (χ0v) is 11.7. The highest BCUT2D eigenvalue weighted by molar-refractivity contribution is 7.90. The van der Waals surface area contributed by atoms with Crippen LogP contribution in [0.4, 0.5) is 0 Å². The maximum absolute atomic E-state index is 11.0. The minimum absolute atomic E-state index is 0.0901. The average Bonchev–Trinajstić information content (AvgIpc) is 2.21. The molecular weight excluding hydrogens is 244 g/mol. The van der Waals surface area contributed by atoms with Gasteiger partial charge in [-0.2, -0.15) is 0 Å². The van der Waals surface area contributed by atoms with Crippen molar-refractivity contribution in [1.82, 2.24) is 10.2 Å². The Bertz CT molecular complexity index is 355. The second-order valence-electron chi connectivity index (χ2n) is 4.57. The Labute approximate surface area is 103 Å². The molecule has 0 spiro atoms. The van der Waals surface area contributed by atoms with Crippen LogP contribution >= 0.6 is 0 Å². The summed E-state index contributed by atoms with van der Waals surface area (Å²) in [5.41, 5.74) is -0.973. The molecule has 0 rings (SSSR count). The summed E-state index contributed by atoms with van der Waals surface area (Å²) in [6.07, 6.45) is 1.61. The quantitative estimate of drug-likeness (QED) is 0.611. The zero-order chi connectivity index (χ0) is 13.7. The lowest BCUT2D eigenvalue weighted by Crippen LogP contribution is -2.49. The molecule has 0 saturated carbocycles. The van der Waals surface area contributed by atoms with Crippen LogP contribution in [0.25, 0.3) is 0 Å². The van der Waals surface area contributed by atoms with E-state index in [9.17, 15) is 13.2 Å². The van der Waals surface area contributed by atoms with Crippen LogP contribution in [0.3, 0.4) is 0 Å². The minimum Gasteiger partial charge on any atom is -0.480 e. The number of carbonyl (C=O) groups is 1. The third-order valence-electron chi connectivity index (χ3n) is 2.86. The van der Waals surface area contributed by atoms with E-state index in [1.54, 1.807) is 21.0 Å². The Morgan fingerprint density at radius 1 is 1.41 bits per heavy atom. The van der Waals surface area contributed by atoms with Crippen LogP contribution in [0.2, 0.25) is 0 Å². The normalized spacial score (nSPS) is 15.8. The van der Waals surface area contributed by atoms with Crippen molar-refractivity contribution in [1.29, 1.82) is 0 Å². The molecule has 0 aliphatic rings. The summed E-state index contributed by atoms with van der Waals surface area (Å²) in [6.45, 7) is 2.55. The van der Waals surface area contributed by atoms with E-state index in [4.69, 9.17) is 5.11 Å². The molecule has 0 fully saturated rings. The molecule has 0 radical (unpaired) electrons. The molecule has 102 valence electrons. The van der Waals surface area contributed by atoms with Gasteiger partial charge in [0.15, 0.2) is 0 Å². The number of nitrogens with zero attached hydrogens (tertiary/aromatic N) is 1. The van der Waals surface area contributed by atoms with Crippen molar-refractivity contribution >= 4 is 15.8 Å². The van der Waals surface area contributed by atoms with E-state index in [2.05, 4.69) is 5.32 Å². The van der Waals surface area contributed by atoms with E-state index in [1.807, 2.05) is 4.90 Å². The molecule has 0 aromatic rings. The van der Waals surface area contributed by atoms with Crippen molar-refractivity contribution in [3.63, 3.8) is 0 Å². The van der Waals surface area contributed by atoms with Crippen LogP contribution in [-0.4, -0.2) is 69.1 Å². The molecular formula is C10H22N2O4S. The van der Waals surface area contributed by atoms with Crippen molar-refractivity contribution < 1.29 is 18.3 Å². The lowest BCUT2D eigenvalue weighted by molar-refractivity contribution is -0.144. The number of aliphatic carboxylic acids is 1. The van der Waals surface area contributed by atoms with Crippen molar-refractivity contribution in [3.8, 4) is 0 Å². The van der Waals surface area contributed by atoms with E-state index in [1.165, 1.54) is 6.26 Å². The fourth-order valence-electron chi connectivity index (χ4n) is 1.19. The molecule has 0 aromatic heterocycles. The van der Waals surface area contributed by atoms with Gasteiger partial charge < -0.3 is 15.3 Å². The van der Waals surface area contributed by atoms with Gasteiger partial charge in [0.1, 0.15) is 15.4 Å². The SMILES string of the molecule is CNC(C)(CCN(C)CCS(C)(=O)=O)C(=O)O. The summed E-state index contributed by atoms with van der Waals surface area (Å²) >= 11 is 0. The van der Waals surface area contributed by atoms with Crippen molar-refractivity contribution in [3.05, 3.63) is 0 Å². The molecule has 1 atom stereocenters. The van der Waals surface area contributed by atoms with E-state index in [-0.39, 0.29) is 5.75 Å². The second kappa shape index (κ2) is 6.32. The standard InChI is InChI=1S/C10H22N2O4S/c1-10(11-2,9(13)14)5-6-12(3)7-8-17(4,15)16/h11H,5-8H2,1-4H3,(H,13,14). The van der Waals surface area contributed by atoms with Crippen LogP contribution in [0.1, 0.15) is 13.3 Å². The Hall–Kier alpha value is -0.660. The maximum atomic E-state index is 11.0. The van der Waals surface area contributed by atoms with Crippen molar-refractivity contribution in [2.75, 3.05) is 39.2 Å². The number of hydrogen-bond donors (Lipinski definition) is 2. The topological polar surface area (TPSA) is 86.7 Å². The molecule has 0 aliphatic carbocycles. The Kier molecular flexibility index (Phi) is 6.08. The van der Waals surface area contributed by atoms with Crippen LogP contribution in [0.15, 0.2) is 0 Å². The lowest BCUT2D eigenvalue weighted by atomic mass is 9.98. The number of carboxylic acid groups (broad SMARTS) is 1. The van der Waals surface area contributed by atoms with Gasteiger partial charge in [0.05, 0.1) is 5.75 Å². The number of likely N-dealkylation sites (N-methyl/N-ethyl adjacent to an activating group) is 1. The molecule has 6 nitrogen and oxygen atoms in total. The van der Waals surface area contributed by atoms with Crippen LogP contribution in [0.5, 0.6) is 0 Å². The Morgan fingerprint density at radius 3 is 2.29 bits per heavy atom. The van der Waals surface area contributed by atoms with Gasteiger partial charge in [0.2, 0.25) is 0 Å². The van der Waals surface area contributed by atoms with E-state index >= 15 is 0 Å². The van der Waals surface area contributed by atoms with Crippen LogP contribution in [0, 0.1) is 0 Å². The Morgan fingerprint density at radius 2 is 1.94 bits per heavy atom. The van der Waals surface area contributed by atoms with Gasteiger partial charge in [-0.05, 0) is 27.4 Å². The van der Waals surface area contributed by atoms with E-state index < -0.39 is 21.3 Å². The minimum atomic E-state index is -2.97. The summed E-state index contributed by atoms with van der Waals surface area (Å²) in [5.74, 6) is -0.816. The lowest BCUT2D eigenvalue weighted by Gasteiger charge is -2.26. The maximum Gasteiger partial charge on any atom is 0.323 e. The van der Waals surface area contributed by atoms with E-state index in [0.29, 0.717) is 19.5 Å². The fourth-order valence-corrected chi connectivity index (χ4v) is 1.83. The first kappa shape index (κ1) is 16.3. The van der Waals surface area contributed by atoms with Gasteiger partial charge in [-0.25, -0.2) is 8.42 Å². The van der Waals surface area contributed by atoms with Gasteiger partial charge in [-0.1, -0.05) is 0 Å². The van der Waals surface area contributed by atoms with E-state index in [0.717, 1.165) is 0 Å². The summed E-state index contributed by atoms with van der Waals surface area (Å²) in [5, 5.41) is 11.8. The van der Waals surface area contributed by atoms with Gasteiger partial charge in [0, 0.05) is 19.3 Å². The first-order chi connectivity index (χ1) is 7.60. The highest BCUT2D eigenvalue weighted by Crippen LogP contribution is 2.09. The number of sulfone groups is 1. The molecule has 17 heavy (non-hydrogen) atoms. The predicted octanol–water partition coefficient (Wildman–Crippen LogP) is -0.584. The Balaban J connectivity index is 4.15. The number of nitrogens with one attached hydrogen (secondary N) is 1. The third kappa shape index (κ3) is 6.60. The first-order valence-corrected chi connectivity index (χ1v) is 7.45.